The van der Waals surface area contributed by atoms with E-state index in [2.05, 4.69) is 11.4 Å². The molecular formula is C32H48N2O10Si. The molecule has 2 fully saturated rings. The summed E-state index contributed by atoms with van der Waals surface area (Å²) in [4.78, 5) is 40.6. The molecule has 0 unspecified atom stereocenters. The van der Waals surface area contributed by atoms with Gasteiger partial charge in [-0.3, -0.25) is 9.59 Å². The van der Waals surface area contributed by atoms with Crippen molar-refractivity contribution in [3.05, 3.63) is 47.1 Å². The number of aliphatic hydroxyl groups is 5. The van der Waals surface area contributed by atoms with Crippen LogP contribution in [0.1, 0.15) is 52.5 Å². The van der Waals surface area contributed by atoms with Crippen molar-refractivity contribution in [1.82, 2.24) is 0 Å². The van der Waals surface area contributed by atoms with Crippen LogP contribution in [0.25, 0.3) is 0 Å². The second-order valence-electron chi connectivity index (χ2n) is 13.3. The van der Waals surface area contributed by atoms with Gasteiger partial charge in [0.05, 0.1) is 11.8 Å². The van der Waals surface area contributed by atoms with Crippen molar-refractivity contribution in [2.75, 3.05) is 23.4 Å². The number of amides is 2. The molecule has 0 aliphatic carbocycles. The Hall–Kier alpha value is -2.46. The molecule has 3 aliphatic rings. The van der Waals surface area contributed by atoms with E-state index in [9.17, 15) is 39.9 Å². The van der Waals surface area contributed by atoms with E-state index in [4.69, 9.17) is 9.47 Å². The van der Waals surface area contributed by atoms with Crippen LogP contribution in [-0.4, -0.2) is 100 Å². The minimum absolute atomic E-state index is 0.182. The van der Waals surface area contributed by atoms with Crippen LogP contribution in [0.3, 0.4) is 0 Å². The zero-order valence-electron chi connectivity index (χ0n) is 26.8. The second-order valence-corrected chi connectivity index (χ2v) is 17.3. The summed E-state index contributed by atoms with van der Waals surface area (Å²) in [6.45, 7) is 11.7. The number of carbonyl (C=O) groups is 2. The first-order chi connectivity index (χ1) is 21.0. The van der Waals surface area contributed by atoms with Gasteiger partial charge >= 0.3 is 0 Å². The fourth-order valence-electron chi connectivity index (χ4n) is 6.96. The monoisotopic (exact) mass is 648 g/mol. The van der Waals surface area contributed by atoms with E-state index < -0.39 is 62.6 Å². The average Bonchev–Trinajstić information content (AvgIpc) is 3.38. The summed E-state index contributed by atoms with van der Waals surface area (Å²) >= 11 is 0. The van der Waals surface area contributed by atoms with Gasteiger partial charge in [-0.25, -0.2) is 0 Å². The van der Waals surface area contributed by atoms with E-state index in [1.54, 1.807) is 36.2 Å². The van der Waals surface area contributed by atoms with Crippen molar-refractivity contribution in [3.8, 4) is 0 Å². The van der Waals surface area contributed by atoms with Crippen LogP contribution < -0.4 is 10.2 Å². The lowest BCUT2D eigenvalue weighted by Gasteiger charge is -2.37. The SMILES string of the molecule is CC(C)=CCC/C(C)=C/CN1C(=O)[C@]2(O[C@H](CCO)[C@@H]([Si](C)(C)O)[C@@H]2C)c2cc(NC(=O)[C@H]3O[C@@H](O)[C@H](O)[C@@H](O)[C@@H]3O)ccc21. The molecule has 2 saturated heterocycles. The summed E-state index contributed by atoms with van der Waals surface area (Å²) in [7, 11) is -2.91. The highest BCUT2D eigenvalue weighted by Crippen LogP contribution is 2.59. The van der Waals surface area contributed by atoms with Crippen LogP contribution >= 0.6 is 0 Å². The van der Waals surface area contributed by atoms with E-state index in [1.807, 2.05) is 33.8 Å². The maximum atomic E-state index is 14.5. The summed E-state index contributed by atoms with van der Waals surface area (Å²) in [5.41, 5.74) is 1.81. The smallest absolute Gasteiger partial charge is 0.264 e. The Morgan fingerprint density at radius 3 is 2.40 bits per heavy atom. The van der Waals surface area contributed by atoms with Crippen LogP contribution in [0.15, 0.2) is 41.5 Å². The van der Waals surface area contributed by atoms with Crippen LogP contribution in [0.4, 0.5) is 11.4 Å². The molecule has 3 heterocycles. The molecule has 1 aromatic rings. The van der Waals surface area contributed by atoms with E-state index in [0.717, 1.165) is 18.4 Å². The lowest BCUT2D eigenvalue weighted by Crippen LogP contribution is -2.60. The third-order valence-corrected chi connectivity index (χ3v) is 11.7. The highest BCUT2D eigenvalue weighted by atomic mass is 28.4. The fraction of sp³-hybridized carbons (Fsp3) is 0.625. The number of anilines is 2. The van der Waals surface area contributed by atoms with Crippen molar-refractivity contribution in [2.45, 2.75) is 108 Å². The largest absolute Gasteiger partial charge is 0.432 e. The highest BCUT2D eigenvalue weighted by Gasteiger charge is 2.66. The number of benzene rings is 1. The molecule has 12 nitrogen and oxygen atoms in total. The molecule has 45 heavy (non-hydrogen) atoms. The lowest BCUT2D eigenvalue weighted by atomic mass is 9.82. The van der Waals surface area contributed by atoms with E-state index in [-0.39, 0.29) is 36.7 Å². The van der Waals surface area contributed by atoms with Crippen LogP contribution in [0, 0.1) is 5.92 Å². The number of hydrogen-bond donors (Lipinski definition) is 7. The van der Waals surface area contributed by atoms with Gasteiger partial charge in [-0.1, -0.05) is 30.2 Å². The predicted molar refractivity (Wildman–Crippen MR) is 170 cm³/mol. The Balaban J connectivity index is 1.72. The van der Waals surface area contributed by atoms with Gasteiger partial charge in [0, 0.05) is 35.9 Å². The summed E-state index contributed by atoms with van der Waals surface area (Å²) in [6.07, 6.45) is -3.41. The van der Waals surface area contributed by atoms with E-state index in [1.165, 1.54) is 5.57 Å². The highest BCUT2D eigenvalue weighted by molar-refractivity contribution is 6.71. The van der Waals surface area contributed by atoms with Gasteiger partial charge < -0.3 is 50.0 Å². The Morgan fingerprint density at radius 2 is 1.78 bits per heavy atom. The molecule has 9 atom stereocenters. The number of rotatable bonds is 10. The average molecular weight is 649 g/mol. The zero-order valence-corrected chi connectivity index (χ0v) is 27.8. The van der Waals surface area contributed by atoms with Gasteiger partial charge in [0.1, 0.15) is 18.3 Å². The Morgan fingerprint density at radius 1 is 1.09 bits per heavy atom. The third-order valence-electron chi connectivity index (χ3n) is 9.23. The van der Waals surface area contributed by atoms with Crippen molar-refractivity contribution in [2.24, 2.45) is 5.92 Å². The molecule has 7 N–H and O–H groups in total. The number of fused-ring (bicyclic) bond motifs is 2. The number of nitrogens with zero attached hydrogens (tertiary/aromatic N) is 1. The number of hydrogen-bond acceptors (Lipinski definition) is 10. The van der Waals surface area contributed by atoms with E-state index in [0.29, 0.717) is 11.3 Å². The maximum absolute atomic E-state index is 14.5. The summed E-state index contributed by atoms with van der Waals surface area (Å²) < 4.78 is 11.7. The van der Waals surface area contributed by atoms with Crippen molar-refractivity contribution in [3.63, 3.8) is 0 Å². The minimum Gasteiger partial charge on any atom is -0.432 e. The molecular weight excluding hydrogens is 600 g/mol. The molecule has 2 amide bonds. The normalized spacial score (nSPS) is 33.5. The fourth-order valence-corrected chi connectivity index (χ4v) is 9.57. The van der Waals surface area contributed by atoms with Gasteiger partial charge in [-0.05, 0) is 71.3 Å². The molecule has 0 bridgehead atoms. The Bertz CT molecular complexity index is 1330. The van der Waals surface area contributed by atoms with Crippen molar-refractivity contribution < 1.29 is 49.4 Å². The zero-order chi connectivity index (χ0) is 33.4. The molecule has 13 heteroatoms. The van der Waals surface area contributed by atoms with Gasteiger partial charge in [0.15, 0.2) is 26.3 Å². The van der Waals surface area contributed by atoms with Gasteiger partial charge in [-0.2, -0.15) is 0 Å². The molecule has 250 valence electrons. The second kappa shape index (κ2) is 13.7. The summed E-state index contributed by atoms with van der Waals surface area (Å²) in [5, 5.41) is 52.6. The molecule has 0 aromatic heterocycles. The van der Waals surface area contributed by atoms with Gasteiger partial charge in [-0.15, -0.1) is 0 Å². The van der Waals surface area contributed by atoms with Gasteiger partial charge in [0.2, 0.25) is 0 Å². The predicted octanol–water partition coefficient (Wildman–Crippen LogP) is 1.64. The van der Waals surface area contributed by atoms with Crippen molar-refractivity contribution in [1.29, 1.82) is 0 Å². The number of ether oxygens (including phenoxy) is 2. The number of carbonyl (C=O) groups excluding carboxylic acids is 2. The Kier molecular flexibility index (Phi) is 10.8. The molecule has 4 rings (SSSR count). The summed E-state index contributed by atoms with van der Waals surface area (Å²) in [5.74, 6) is -1.64. The number of aliphatic hydroxyl groups excluding tert-OH is 5. The maximum Gasteiger partial charge on any atom is 0.264 e. The number of nitrogens with one attached hydrogen (secondary N) is 1. The first-order valence-corrected chi connectivity index (χ1v) is 18.5. The van der Waals surface area contributed by atoms with E-state index >= 15 is 0 Å². The summed E-state index contributed by atoms with van der Waals surface area (Å²) in [6, 6.07) is 4.90. The van der Waals surface area contributed by atoms with Crippen LogP contribution in [-0.2, 0) is 24.7 Å². The van der Waals surface area contributed by atoms with Gasteiger partial charge in [0.25, 0.3) is 11.8 Å². The molecule has 1 aromatic carbocycles. The third kappa shape index (κ3) is 6.82. The standard InChI is InChI=1S/C32H48N2O10Si/c1-17(2)8-7-9-18(3)12-14-34-22-11-10-20(33-29(39)27-25(37)24(36)26(38)30(40)43-27)16-21(22)32(31(34)41)19(4)28(45(5,6)42)23(44-32)13-15-35/h8,10-12,16,19,23-28,30,35-38,40,42H,7,9,13-15H2,1-6H3,(H,33,39)/b18-12+/t19-,23+,24-,25-,26+,27-,28-,30+,32+/m0/s1. The first-order valence-electron chi connectivity index (χ1n) is 15.5. The first kappa shape index (κ1) is 35.4. The van der Waals surface area contributed by atoms with Crippen LogP contribution in [0.5, 0.6) is 0 Å². The van der Waals surface area contributed by atoms with Crippen molar-refractivity contribution >= 4 is 31.5 Å². The quantitative estimate of drug-likeness (QED) is 0.145. The number of allylic oxidation sites excluding steroid dienone is 3. The molecule has 0 saturated carbocycles. The lowest BCUT2D eigenvalue weighted by molar-refractivity contribution is -0.274. The topological polar surface area (TPSA) is 189 Å². The van der Waals surface area contributed by atoms with Crippen LogP contribution in [0.2, 0.25) is 18.6 Å². The molecule has 1 spiro atoms. The minimum atomic E-state index is -2.91. The molecule has 0 radical (unpaired) electrons. The molecule has 3 aliphatic heterocycles. The Labute approximate surface area is 265 Å².